The van der Waals surface area contributed by atoms with Gasteiger partial charge in [0, 0.05) is 5.56 Å². The fraction of sp³-hybridized carbons (Fsp3) is 0.200. The van der Waals surface area contributed by atoms with Gasteiger partial charge in [0.2, 0.25) is 0 Å². The average molecular weight is 463 g/mol. The van der Waals surface area contributed by atoms with Crippen LogP contribution in [0.1, 0.15) is 43.7 Å². The van der Waals surface area contributed by atoms with Crippen molar-refractivity contribution in [2.75, 3.05) is 12.0 Å². The van der Waals surface area contributed by atoms with Crippen LogP contribution < -0.4 is 4.90 Å². The minimum Gasteiger partial charge on any atom is -0.507 e. The van der Waals surface area contributed by atoms with Crippen molar-refractivity contribution in [2.45, 2.75) is 26.8 Å². The normalized spacial score (nSPS) is 17.5. The molecule has 0 saturated carbocycles. The molecule has 1 saturated heterocycles. The van der Waals surface area contributed by atoms with E-state index in [1.807, 2.05) is 50.2 Å². The Hall–Kier alpha value is -3.78. The van der Waals surface area contributed by atoms with Gasteiger partial charge in [-0.2, -0.15) is 0 Å². The van der Waals surface area contributed by atoms with Gasteiger partial charge in [-0.25, -0.2) is 9.78 Å². The van der Waals surface area contributed by atoms with Crippen LogP contribution in [0.2, 0.25) is 0 Å². The van der Waals surface area contributed by atoms with E-state index in [2.05, 4.69) is 4.98 Å². The smallest absolute Gasteiger partial charge is 0.350 e. The number of nitrogens with zero attached hydrogens (tertiary/aromatic N) is 2. The summed E-state index contributed by atoms with van der Waals surface area (Å²) in [7, 11) is 1.27. The predicted octanol–water partition coefficient (Wildman–Crippen LogP) is 4.48. The maximum Gasteiger partial charge on any atom is 0.350 e. The Morgan fingerprint density at radius 3 is 2.15 bits per heavy atom. The second-order valence-corrected chi connectivity index (χ2v) is 8.83. The van der Waals surface area contributed by atoms with E-state index in [0.717, 1.165) is 22.5 Å². The third-order valence-electron chi connectivity index (χ3n) is 5.52. The molecule has 1 fully saturated rings. The molecule has 0 bridgehead atoms. The number of hydrogen-bond donors (Lipinski definition) is 1. The highest BCUT2D eigenvalue weighted by atomic mass is 32.1. The summed E-state index contributed by atoms with van der Waals surface area (Å²) < 4.78 is 4.80. The topological polar surface area (TPSA) is 96.8 Å². The van der Waals surface area contributed by atoms with Crippen LogP contribution >= 0.6 is 11.3 Å². The van der Waals surface area contributed by atoms with Crippen LogP contribution in [0.5, 0.6) is 0 Å². The number of ether oxygens (including phenoxy) is 1. The number of aliphatic hydroxyl groups excluding tert-OH is 1. The van der Waals surface area contributed by atoms with Crippen molar-refractivity contribution in [1.29, 1.82) is 0 Å². The van der Waals surface area contributed by atoms with Crippen molar-refractivity contribution in [3.05, 3.63) is 86.9 Å². The Balaban J connectivity index is 1.93. The van der Waals surface area contributed by atoms with Crippen LogP contribution in [0.4, 0.5) is 5.13 Å². The zero-order chi connectivity index (χ0) is 23.9. The van der Waals surface area contributed by atoms with E-state index in [4.69, 9.17) is 4.74 Å². The number of Topliss-reactive ketones (excluding diaryl/α,β-unsaturated/α-hetero) is 1. The highest BCUT2D eigenvalue weighted by Gasteiger charge is 2.48. The van der Waals surface area contributed by atoms with Crippen molar-refractivity contribution in [3.63, 3.8) is 0 Å². The molecule has 33 heavy (non-hydrogen) atoms. The number of carbonyl (C=O) groups is 3. The molecule has 1 unspecified atom stereocenters. The van der Waals surface area contributed by atoms with Gasteiger partial charge in [0.1, 0.15) is 10.6 Å². The molecule has 1 amide bonds. The predicted molar refractivity (Wildman–Crippen MR) is 125 cm³/mol. The highest BCUT2D eigenvalue weighted by molar-refractivity contribution is 7.17. The molecule has 1 aromatic heterocycles. The molecule has 1 aliphatic rings. The van der Waals surface area contributed by atoms with E-state index < -0.39 is 23.7 Å². The summed E-state index contributed by atoms with van der Waals surface area (Å²) in [6.45, 7) is 5.48. The third kappa shape index (κ3) is 3.93. The molecule has 1 atom stereocenters. The van der Waals surface area contributed by atoms with Gasteiger partial charge in [0.25, 0.3) is 5.78 Å². The second-order valence-electron chi connectivity index (χ2n) is 7.85. The van der Waals surface area contributed by atoms with Crippen LogP contribution in [-0.2, 0) is 14.3 Å². The molecule has 2 aromatic carbocycles. The van der Waals surface area contributed by atoms with Gasteiger partial charge in [-0.15, -0.1) is 0 Å². The number of aryl methyl sites for hydroxylation is 3. The Kier molecular flexibility index (Phi) is 5.86. The first-order valence-electron chi connectivity index (χ1n) is 10.2. The molecule has 3 aromatic rings. The van der Waals surface area contributed by atoms with Crippen LogP contribution in [0.25, 0.3) is 5.76 Å². The number of esters is 1. The van der Waals surface area contributed by atoms with E-state index in [-0.39, 0.29) is 21.3 Å². The number of carbonyl (C=O) groups excluding carboxylic acids is 3. The first-order valence-corrected chi connectivity index (χ1v) is 11.0. The number of methoxy groups -OCH3 is 1. The van der Waals surface area contributed by atoms with Crippen LogP contribution in [-0.4, -0.2) is 34.9 Å². The molecule has 0 aliphatic carbocycles. The number of rotatable bonds is 4. The molecular weight excluding hydrogens is 440 g/mol. The largest absolute Gasteiger partial charge is 0.507 e. The van der Waals surface area contributed by atoms with E-state index in [0.29, 0.717) is 16.8 Å². The van der Waals surface area contributed by atoms with Crippen molar-refractivity contribution in [2.24, 2.45) is 0 Å². The van der Waals surface area contributed by atoms with Gasteiger partial charge in [0.15, 0.2) is 5.13 Å². The SMILES string of the molecule is COC(=O)c1sc(N2C(=O)C(=O)C(=C(O)c3ccc(C)cc3)C2c2ccc(C)cc2)nc1C. The van der Waals surface area contributed by atoms with E-state index in [1.54, 1.807) is 19.1 Å². The van der Waals surface area contributed by atoms with Crippen molar-refractivity contribution in [3.8, 4) is 0 Å². The van der Waals surface area contributed by atoms with Gasteiger partial charge in [0.05, 0.1) is 24.4 Å². The summed E-state index contributed by atoms with van der Waals surface area (Å²) in [5.41, 5.74) is 3.44. The zero-order valence-corrected chi connectivity index (χ0v) is 19.4. The van der Waals surface area contributed by atoms with Crippen molar-refractivity contribution in [1.82, 2.24) is 4.98 Å². The molecular formula is C25H22N2O5S. The average Bonchev–Trinajstić information content (AvgIpc) is 3.31. The number of hydrogen-bond acceptors (Lipinski definition) is 7. The summed E-state index contributed by atoms with van der Waals surface area (Å²) in [5.74, 6) is -2.47. The maximum absolute atomic E-state index is 13.2. The summed E-state index contributed by atoms with van der Waals surface area (Å²) in [6.07, 6.45) is 0. The lowest BCUT2D eigenvalue weighted by molar-refractivity contribution is -0.132. The second kappa shape index (κ2) is 8.63. The van der Waals surface area contributed by atoms with Crippen molar-refractivity contribution < 1.29 is 24.2 Å². The standard InChI is InChI=1S/C25H22N2O5S/c1-13-5-9-16(10-6-13)19-18(20(28)17-11-7-14(2)8-12-17)21(29)23(30)27(19)25-26-15(3)22(33-25)24(31)32-4/h5-12,19,28H,1-4H3. The highest BCUT2D eigenvalue weighted by Crippen LogP contribution is 2.43. The van der Waals surface area contributed by atoms with Crippen molar-refractivity contribution >= 4 is 39.9 Å². The molecule has 4 rings (SSSR count). The molecule has 1 aliphatic heterocycles. The summed E-state index contributed by atoms with van der Waals surface area (Å²) in [5, 5.41) is 11.3. The zero-order valence-electron chi connectivity index (χ0n) is 18.6. The molecule has 7 nitrogen and oxygen atoms in total. The molecule has 1 N–H and O–H groups in total. The fourth-order valence-corrected chi connectivity index (χ4v) is 4.74. The van der Waals surface area contributed by atoms with Gasteiger partial charge < -0.3 is 9.84 Å². The number of anilines is 1. The first kappa shape index (κ1) is 22.4. The Morgan fingerprint density at radius 1 is 1.00 bits per heavy atom. The first-order chi connectivity index (χ1) is 15.7. The van der Waals surface area contributed by atoms with Gasteiger partial charge >= 0.3 is 11.9 Å². The number of aromatic nitrogens is 1. The van der Waals surface area contributed by atoms with Gasteiger partial charge in [-0.3, -0.25) is 14.5 Å². The minimum absolute atomic E-state index is 0.0276. The molecule has 168 valence electrons. The lowest BCUT2D eigenvalue weighted by Gasteiger charge is -2.23. The Morgan fingerprint density at radius 2 is 1.58 bits per heavy atom. The summed E-state index contributed by atoms with van der Waals surface area (Å²) in [4.78, 5) is 44.4. The van der Waals surface area contributed by atoms with Crippen LogP contribution in [0, 0.1) is 20.8 Å². The monoisotopic (exact) mass is 462 g/mol. The Labute approximate surface area is 195 Å². The quantitative estimate of drug-likeness (QED) is 0.266. The maximum atomic E-state index is 13.2. The van der Waals surface area contributed by atoms with Gasteiger partial charge in [-0.1, -0.05) is 71.0 Å². The van der Waals surface area contributed by atoms with Gasteiger partial charge in [-0.05, 0) is 26.3 Å². The number of benzene rings is 2. The third-order valence-corrected chi connectivity index (χ3v) is 6.66. The van der Waals surface area contributed by atoms with Crippen LogP contribution in [0.15, 0.2) is 54.1 Å². The summed E-state index contributed by atoms with van der Waals surface area (Å²) in [6, 6.07) is 13.5. The molecule has 0 radical (unpaired) electrons. The lowest BCUT2D eigenvalue weighted by atomic mass is 9.94. The van der Waals surface area contributed by atoms with E-state index >= 15 is 0 Å². The number of amides is 1. The number of thiazole rings is 1. The number of ketones is 1. The molecule has 0 spiro atoms. The van der Waals surface area contributed by atoms with E-state index in [9.17, 15) is 19.5 Å². The molecule has 8 heteroatoms. The fourth-order valence-electron chi connectivity index (χ4n) is 3.73. The Bertz CT molecular complexity index is 1290. The number of aliphatic hydroxyl groups is 1. The summed E-state index contributed by atoms with van der Waals surface area (Å²) >= 11 is 0.971. The lowest BCUT2D eigenvalue weighted by Crippen LogP contribution is -2.29. The van der Waals surface area contributed by atoms with Crippen LogP contribution in [0.3, 0.4) is 0 Å². The molecule has 2 heterocycles. The van der Waals surface area contributed by atoms with E-state index in [1.165, 1.54) is 12.0 Å². The minimum atomic E-state index is -0.900.